The average molecular weight is 278 g/mol. The highest BCUT2D eigenvalue weighted by Gasteiger charge is 2.18. The van der Waals surface area contributed by atoms with Gasteiger partial charge in [-0.2, -0.15) is 0 Å². The van der Waals surface area contributed by atoms with Crippen LogP contribution in [0, 0.1) is 0 Å². The number of amides is 2. The molecule has 20 heavy (non-hydrogen) atoms. The number of hydrogen-bond donors (Lipinski definition) is 3. The predicted molar refractivity (Wildman–Crippen MR) is 74.9 cm³/mol. The van der Waals surface area contributed by atoms with Crippen LogP contribution in [0.1, 0.15) is 37.0 Å². The summed E-state index contributed by atoms with van der Waals surface area (Å²) in [5.41, 5.74) is 1.04. The van der Waals surface area contributed by atoms with Gasteiger partial charge in [0.05, 0.1) is 0 Å². The Balaban J connectivity index is 2.61. The standard InChI is InChI=1S/C14H18N2O4/c1-3-4-12(13(18)19)16-14(20)15-11-7-5-10(6-8-11)9(2)17/h5-8,12H,3-4H2,1-2H3,(H,18,19)(H2,15,16,20)/t12-/m1/s1. The lowest BCUT2D eigenvalue weighted by Gasteiger charge is -2.14. The van der Waals surface area contributed by atoms with Crippen molar-refractivity contribution in [1.82, 2.24) is 5.32 Å². The van der Waals surface area contributed by atoms with Crippen LogP contribution in [0.2, 0.25) is 0 Å². The SMILES string of the molecule is CCC[C@@H](NC(=O)Nc1ccc(C(C)=O)cc1)C(=O)O. The highest BCUT2D eigenvalue weighted by Crippen LogP contribution is 2.10. The molecule has 0 saturated heterocycles. The van der Waals surface area contributed by atoms with E-state index in [1.165, 1.54) is 6.92 Å². The Morgan fingerprint density at radius 2 is 1.80 bits per heavy atom. The fraction of sp³-hybridized carbons (Fsp3) is 0.357. The minimum atomic E-state index is -1.06. The van der Waals surface area contributed by atoms with Gasteiger partial charge in [0.2, 0.25) is 0 Å². The van der Waals surface area contributed by atoms with Crippen LogP contribution in [0.4, 0.5) is 10.5 Å². The fourth-order valence-corrected chi connectivity index (χ4v) is 1.66. The van der Waals surface area contributed by atoms with Crippen LogP contribution in [0.15, 0.2) is 24.3 Å². The van der Waals surface area contributed by atoms with E-state index in [-0.39, 0.29) is 5.78 Å². The summed E-state index contributed by atoms with van der Waals surface area (Å²) in [4.78, 5) is 33.7. The summed E-state index contributed by atoms with van der Waals surface area (Å²) >= 11 is 0. The molecule has 0 aliphatic carbocycles. The number of rotatable bonds is 6. The van der Waals surface area contributed by atoms with Gasteiger partial charge in [-0.3, -0.25) is 4.79 Å². The molecular weight excluding hydrogens is 260 g/mol. The molecule has 0 saturated carbocycles. The Morgan fingerprint density at radius 1 is 1.20 bits per heavy atom. The van der Waals surface area contributed by atoms with Crippen LogP contribution < -0.4 is 10.6 Å². The summed E-state index contributed by atoms with van der Waals surface area (Å²) in [5, 5.41) is 13.9. The summed E-state index contributed by atoms with van der Waals surface area (Å²) in [6.07, 6.45) is 1.02. The summed E-state index contributed by atoms with van der Waals surface area (Å²) in [7, 11) is 0. The Labute approximate surface area is 117 Å². The van der Waals surface area contributed by atoms with Gasteiger partial charge in [-0.25, -0.2) is 9.59 Å². The molecule has 0 fully saturated rings. The number of benzene rings is 1. The zero-order valence-electron chi connectivity index (χ0n) is 11.5. The predicted octanol–water partition coefficient (Wildman–Crippen LogP) is 2.26. The maximum absolute atomic E-state index is 11.7. The maximum atomic E-state index is 11.7. The third-order valence-electron chi connectivity index (χ3n) is 2.73. The number of nitrogens with one attached hydrogen (secondary N) is 2. The normalized spacial score (nSPS) is 11.5. The van der Waals surface area contributed by atoms with Crippen LogP contribution in [-0.4, -0.2) is 28.9 Å². The van der Waals surface area contributed by atoms with E-state index in [1.54, 1.807) is 24.3 Å². The smallest absolute Gasteiger partial charge is 0.326 e. The third kappa shape index (κ3) is 4.72. The van der Waals surface area contributed by atoms with Crippen molar-refractivity contribution in [3.8, 4) is 0 Å². The molecule has 0 radical (unpaired) electrons. The van der Waals surface area contributed by atoms with E-state index in [9.17, 15) is 14.4 Å². The van der Waals surface area contributed by atoms with Crippen molar-refractivity contribution < 1.29 is 19.5 Å². The Morgan fingerprint density at radius 3 is 2.25 bits per heavy atom. The number of carbonyl (C=O) groups is 3. The number of urea groups is 1. The lowest BCUT2D eigenvalue weighted by Crippen LogP contribution is -2.42. The molecule has 0 bridgehead atoms. The van der Waals surface area contributed by atoms with Gasteiger partial charge in [-0.05, 0) is 37.6 Å². The van der Waals surface area contributed by atoms with Crippen molar-refractivity contribution in [2.75, 3.05) is 5.32 Å². The van der Waals surface area contributed by atoms with Crippen LogP contribution in [0.25, 0.3) is 0 Å². The van der Waals surface area contributed by atoms with E-state index in [1.807, 2.05) is 6.92 Å². The topological polar surface area (TPSA) is 95.5 Å². The minimum Gasteiger partial charge on any atom is -0.480 e. The van der Waals surface area contributed by atoms with Crippen molar-refractivity contribution in [2.45, 2.75) is 32.7 Å². The first kappa shape index (κ1) is 15.7. The van der Waals surface area contributed by atoms with Crippen molar-refractivity contribution >= 4 is 23.5 Å². The maximum Gasteiger partial charge on any atom is 0.326 e. The second-order valence-corrected chi connectivity index (χ2v) is 4.41. The number of hydrogen-bond acceptors (Lipinski definition) is 3. The quantitative estimate of drug-likeness (QED) is 0.695. The number of ketones is 1. The van der Waals surface area contributed by atoms with Crippen molar-refractivity contribution in [1.29, 1.82) is 0 Å². The Hall–Kier alpha value is -2.37. The highest BCUT2D eigenvalue weighted by atomic mass is 16.4. The first-order valence-electron chi connectivity index (χ1n) is 6.35. The molecule has 6 heteroatoms. The highest BCUT2D eigenvalue weighted by molar-refractivity contribution is 5.95. The molecule has 1 aromatic rings. The van der Waals surface area contributed by atoms with Gasteiger partial charge in [0, 0.05) is 11.3 Å². The lowest BCUT2D eigenvalue weighted by atomic mass is 10.1. The molecule has 0 unspecified atom stereocenters. The summed E-state index contributed by atoms with van der Waals surface area (Å²) in [6, 6.07) is 4.88. The first-order chi connectivity index (χ1) is 9.43. The molecule has 3 N–H and O–H groups in total. The monoisotopic (exact) mass is 278 g/mol. The minimum absolute atomic E-state index is 0.0603. The van der Waals surface area contributed by atoms with E-state index in [0.717, 1.165) is 0 Å². The Bertz CT molecular complexity index is 496. The molecule has 108 valence electrons. The number of aliphatic carboxylic acids is 1. The second kappa shape index (κ2) is 7.28. The van der Waals surface area contributed by atoms with Crippen molar-refractivity contribution in [3.63, 3.8) is 0 Å². The summed E-state index contributed by atoms with van der Waals surface area (Å²) in [6.45, 7) is 3.30. The van der Waals surface area contributed by atoms with Gasteiger partial charge in [0.25, 0.3) is 0 Å². The molecule has 0 aromatic heterocycles. The van der Waals surface area contributed by atoms with Gasteiger partial charge < -0.3 is 15.7 Å². The molecule has 6 nitrogen and oxygen atoms in total. The molecule has 1 rings (SSSR count). The van der Waals surface area contributed by atoms with Gasteiger partial charge in [-0.1, -0.05) is 13.3 Å². The van der Waals surface area contributed by atoms with E-state index in [2.05, 4.69) is 10.6 Å². The third-order valence-corrected chi connectivity index (χ3v) is 2.73. The molecule has 0 aliphatic rings. The number of carbonyl (C=O) groups excluding carboxylic acids is 2. The molecule has 1 aromatic carbocycles. The van der Waals surface area contributed by atoms with Crippen LogP contribution in [0.3, 0.4) is 0 Å². The van der Waals surface area contributed by atoms with Crippen LogP contribution in [0.5, 0.6) is 0 Å². The van der Waals surface area contributed by atoms with Crippen molar-refractivity contribution in [2.24, 2.45) is 0 Å². The molecular formula is C14H18N2O4. The number of anilines is 1. The first-order valence-corrected chi connectivity index (χ1v) is 6.35. The van der Waals surface area contributed by atoms with Gasteiger partial charge in [-0.15, -0.1) is 0 Å². The average Bonchev–Trinajstić information content (AvgIpc) is 2.38. The van der Waals surface area contributed by atoms with E-state index >= 15 is 0 Å². The van der Waals surface area contributed by atoms with Crippen LogP contribution >= 0.6 is 0 Å². The van der Waals surface area contributed by atoms with Gasteiger partial charge in [0.15, 0.2) is 5.78 Å². The van der Waals surface area contributed by atoms with Crippen molar-refractivity contribution in [3.05, 3.63) is 29.8 Å². The molecule has 0 spiro atoms. The van der Waals surface area contributed by atoms with E-state index < -0.39 is 18.0 Å². The second-order valence-electron chi connectivity index (χ2n) is 4.41. The lowest BCUT2D eigenvalue weighted by molar-refractivity contribution is -0.139. The van der Waals surface area contributed by atoms with Crippen LogP contribution in [-0.2, 0) is 4.79 Å². The molecule has 0 heterocycles. The molecule has 0 aliphatic heterocycles. The number of Topliss-reactive ketones (excluding diaryl/α,β-unsaturated/α-hetero) is 1. The molecule has 2 amide bonds. The number of carboxylic acids is 1. The summed E-state index contributed by atoms with van der Waals surface area (Å²) in [5.74, 6) is -1.12. The zero-order valence-corrected chi connectivity index (χ0v) is 11.5. The zero-order chi connectivity index (χ0) is 15.1. The van der Waals surface area contributed by atoms with E-state index in [4.69, 9.17) is 5.11 Å². The number of carboxylic acid groups (broad SMARTS) is 1. The van der Waals surface area contributed by atoms with Gasteiger partial charge in [0.1, 0.15) is 6.04 Å². The van der Waals surface area contributed by atoms with E-state index in [0.29, 0.717) is 24.1 Å². The Kier molecular flexibility index (Phi) is 5.71. The van der Waals surface area contributed by atoms with Gasteiger partial charge >= 0.3 is 12.0 Å². The molecule has 1 atom stereocenters. The summed E-state index contributed by atoms with van der Waals surface area (Å²) < 4.78 is 0. The largest absolute Gasteiger partial charge is 0.480 e. The fourth-order valence-electron chi connectivity index (χ4n) is 1.66.